The normalized spacial score (nSPS) is 11.4. The molecule has 0 spiro atoms. The van der Waals surface area contributed by atoms with Crippen LogP contribution in [0.1, 0.15) is 0 Å². The molecule has 14 heavy (non-hydrogen) atoms. The molecule has 0 radical (unpaired) electrons. The van der Waals surface area contributed by atoms with Gasteiger partial charge in [-0.1, -0.05) is 0 Å². The zero-order valence-electron chi connectivity index (χ0n) is 6.42. The number of carbonyl (C=O) groups excluding carboxylic acids is 1. The number of halogens is 3. The Morgan fingerprint density at radius 2 is 2.00 bits per heavy atom. The summed E-state index contributed by atoms with van der Waals surface area (Å²) in [6.45, 7) is 0. The number of carbonyl (C=O) groups is 1. The molecule has 0 aliphatic rings. The van der Waals surface area contributed by atoms with Crippen molar-refractivity contribution in [3.05, 3.63) is 6.07 Å². The summed E-state index contributed by atoms with van der Waals surface area (Å²) >= 11 is 0. The van der Waals surface area contributed by atoms with Crippen LogP contribution in [0.5, 0.6) is 17.5 Å². The predicted molar refractivity (Wildman–Crippen MR) is 35.8 cm³/mol. The Kier molecular flexibility index (Phi) is 2.28. The highest BCUT2D eigenvalue weighted by Gasteiger charge is 2.42. The highest BCUT2D eigenvalue weighted by atomic mass is 19.4. The van der Waals surface area contributed by atoms with Gasteiger partial charge < -0.3 is 14.9 Å². The zero-order valence-corrected chi connectivity index (χ0v) is 6.42. The van der Waals surface area contributed by atoms with Gasteiger partial charge in [-0.25, -0.2) is 4.79 Å². The highest BCUT2D eigenvalue weighted by molar-refractivity contribution is 5.78. The SMILES string of the molecule is O=C(Oc1cc(O)[nH]c1O)C(F)(F)F. The van der Waals surface area contributed by atoms with E-state index in [4.69, 9.17) is 10.2 Å². The lowest BCUT2D eigenvalue weighted by molar-refractivity contribution is -0.189. The van der Waals surface area contributed by atoms with Gasteiger partial charge in [-0.05, 0) is 0 Å². The van der Waals surface area contributed by atoms with Crippen molar-refractivity contribution in [2.24, 2.45) is 0 Å². The van der Waals surface area contributed by atoms with Crippen LogP contribution in [0, 0.1) is 0 Å². The molecule has 5 nitrogen and oxygen atoms in total. The number of alkyl halides is 3. The average Bonchev–Trinajstić information content (AvgIpc) is 2.28. The van der Waals surface area contributed by atoms with Crippen LogP contribution >= 0.6 is 0 Å². The van der Waals surface area contributed by atoms with Gasteiger partial charge in [-0.2, -0.15) is 13.2 Å². The van der Waals surface area contributed by atoms with Crippen molar-refractivity contribution < 1.29 is 32.9 Å². The molecule has 0 unspecified atom stereocenters. The van der Waals surface area contributed by atoms with Crippen molar-refractivity contribution >= 4 is 5.97 Å². The van der Waals surface area contributed by atoms with Gasteiger partial charge in [0.05, 0.1) is 0 Å². The van der Waals surface area contributed by atoms with Gasteiger partial charge in [0.25, 0.3) is 0 Å². The molecule has 0 saturated carbocycles. The molecule has 0 fully saturated rings. The minimum absolute atomic E-state index is 0.618. The molecule has 0 bridgehead atoms. The maximum absolute atomic E-state index is 11.6. The molecule has 3 N–H and O–H groups in total. The third-order valence-electron chi connectivity index (χ3n) is 1.18. The highest BCUT2D eigenvalue weighted by Crippen LogP contribution is 2.31. The molecule has 0 aromatic carbocycles. The van der Waals surface area contributed by atoms with E-state index in [1.807, 2.05) is 4.98 Å². The molecule has 8 heteroatoms. The predicted octanol–water partition coefficient (Wildman–Crippen LogP) is 0.894. The number of ether oxygens (including phenoxy) is 1. The maximum Gasteiger partial charge on any atom is 0.491 e. The van der Waals surface area contributed by atoms with Gasteiger partial charge in [0, 0.05) is 6.07 Å². The van der Waals surface area contributed by atoms with Crippen LogP contribution in [0.3, 0.4) is 0 Å². The van der Waals surface area contributed by atoms with Gasteiger partial charge >= 0.3 is 12.1 Å². The zero-order chi connectivity index (χ0) is 10.9. The molecule has 78 valence electrons. The molecule has 1 rings (SSSR count). The summed E-state index contributed by atoms with van der Waals surface area (Å²) < 4.78 is 38.7. The quantitative estimate of drug-likeness (QED) is 0.602. The number of hydrogen-bond acceptors (Lipinski definition) is 4. The first-order valence-electron chi connectivity index (χ1n) is 3.20. The summed E-state index contributed by atoms with van der Waals surface area (Å²) in [7, 11) is 0. The fourth-order valence-corrected chi connectivity index (χ4v) is 0.647. The van der Waals surface area contributed by atoms with E-state index in [0.29, 0.717) is 6.07 Å². The van der Waals surface area contributed by atoms with Gasteiger partial charge in [-0.15, -0.1) is 0 Å². The minimum Gasteiger partial charge on any atom is -0.494 e. The second kappa shape index (κ2) is 3.13. The largest absolute Gasteiger partial charge is 0.494 e. The second-order valence-electron chi connectivity index (χ2n) is 2.25. The number of aromatic nitrogens is 1. The molecule has 0 atom stereocenters. The molecule has 1 aromatic rings. The first kappa shape index (κ1) is 10.2. The third-order valence-corrected chi connectivity index (χ3v) is 1.18. The molecule has 0 aliphatic carbocycles. The van der Waals surface area contributed by atoms with Gasteiger partial charge in [0.1, 0.15) is 0 Å². The van der Waals surface area contributed by atoms with Crippen LogP contribution in [0.25, 0.3) is 0 Å². The summed E-state index contributed by atoms with van der Waals surface area (Å²) in [5.41, 5.74) is 0. The lowest BCUT2D eigenvalue weighted by Gasteiger charge is -2.04. The summed E-state index contributed by atoms with van der Waals surface area (Å²) in [5, 5.41) is 17.4. The molecule has 1 heterocycles. The number of rotatable bonds is 1. The smallest absolute Gasteiger partial charge is 0.491 e. The Bertz CT molecular complexity index is 356. The molecule has 1 aromatic heterocycles. The monoisotopic (exact) mass is 211 g/mol. The Morgan fingerprint density at radius 3 is 2.36 bits per heavy atom. The van der Waals surface area contributed by atoms with Crippen molar-refractivity contribution in [3.63, 3.8) is 0 Å². The van der Waals surface area contributed by atoms with Crippen molar-refractivity contribution in [2.75, 3.05) is 0 Å². The Labute approximate surface area is 74.7 Å². The summed E-state index contributed by atoms with van der Waals surface area (Å²) in [4.78, 5) is 12.1. The summed E-state index contributed by atoms with van der Waals surface area (Å²) in [5.74, 6) is -4.75. The number of aromatic amines is 1. The van der Waals surface area contributed by atoms with E-state index < -0.39 is 29.7 Å². The second-order valence-corrected chi connectivity index (χ2v) is 2.25. The van der Waals surface area contributed by atoms with E-state index in [1.165, 1.54) is 0 Å². The van der Waals surface area contributed by atoms with Crippen LogP contribution in [-0.4, -0.2) is 27.3 Å². The van der Waals surface area contributed by atoms with E-state index >= 15 is 0 Å². The van der Waals surface area contributed by atoms with E-state index in [-0.39, 0.29) is 0 Å². The van der Waals surface area contributed by atoms with Crippen LogP contribution in [-0.2, 0) is 4.79 Å². The number of hydrogen-bond donors (Lipinski definition) is 3. The van der Waals surface area contributed by atoms with Crippen molar-refractivity contribution in [3.8, 4) is 17.5 Å². The number of H-pyrrole nitrogens is 1. The van der Waals surface area contributed by atoms with E-state index in [2.05, 4.69) is 4.74 Å². The van der Waals surface area contributed by atoms with Gasteiger partial charge in [-0.3, -0.25) is 4.98 Å². The molecule has 0 amide bonds. The Morgan fingerprint density at radius 1 is 1.43 bits per heavy atom. The topological polar surface area (TPSA) is 82.5 Å². The molecule has 0 aliphatic heterocycles. The van der Waals surface area contributed by atoms with E-state index in [9.17, 15) is 18.0 Å². The fraction of sp³-hybridized carbons (Fsp3) is 0.167. The van der Waals surface area contributed by atoms with Gasteiger partial charge in [0.2, 0.25) is 5.88 Å². The number of aromatic hydroxyl groups is 2. The maximum atomic E-state index is 11.6. The Hall–Kier alpha value is -1.86. The van der Waals surface area contributed by atoms with Crippen molar-refractivity contribution in [1.82, 2.24) is 4.98 Å². The fourth-order valence-electron chi connectivity index (χ4n) is 0.647. The van der Waals surface area contributed by atoms with E-state index in [0.717, 1.165) is 0 Å². The van der Waals surface area contributed by atoms with Crippen LogP contribution in [0.15, 0.2) is 6.07 Å². The lowest BCUT2D eigenvalue weighted by atomic mass is 10.5. The van der Waals surface area contributed by atoms with Crippen LogP contribution in [0.4, 0.5) is 13.2 Å². The average molecular weight is 211 g/mol. The van der Waals surface area contributed by atoms with Crippen molar-refractivity contribution in [2.45, 2.75) is 6.18 Å². The van der Waals surface area contributed by atoms with E-state index in [1.54, 1.807) is 0 Å². The lowest BCUT2D eigenvalue weighted by Crippen LogP contribution is -2.27. The summed E-state index contributed by atoms with van der Waals surface area (Å²) in [6, 6.07) is 0.638. The van der Waals surface area contributed by atoms with Crippen LogP contribution in [0.2, 0.25) is 0 Å². The molecular formula is C6H4F3NO4. The minimum atomic E-state index is -5.15. The Balaban J connectivity index is 2.80. The van der Waals surface area contributed by atoms with Gasteiger partial charge in [0.15, 0.2) is 11.6 Å². The first-order chi connectivity index (χ1) is 6.30. The number of nitrogens with one attached hydrogen (secondary N) is 1. The standard InChI is InChI=1S/C6H4F3NO4/c7-6(8,9)5(13)14-2-1-3(11)10-4(2)12/h1,10-12H. The first-order valence-corrected chi connectivity index (χ1v) is 3.20. The third kappa shape index (κ3) is 2.09. The molecular weight excluding hydrogens is 207 g/mol. The van der Waals surface area contributed by atoms with Crippen molar-refractivity contribution in [1.29, 1.82) is 0 Å². The number of esters is 1. The summed E-state index contributed by atoms with van der Waals surface area (Å²) in [6.07, 6.45) is -5.15. The van der Waals surface area contributed by atoms with Crippen LogP contribution < -0.4 is 4.74 Å². The molecule has 0 saturated heterocycles.